The number of amides is 1. The number of carbonyl (C=O) groups excluding carboxylic acids is 1. The molecule has 1 aromatic carbocycles. The van der Waals surface area contributed by atoms with Crippen molar-refractivity contribution >= 4 is 35.9 Å². The Kier molecular flexibility index (Phi) is 5.20. The molecule has 0 aromatic heterocycles. The molecular weight excluding hydrogens is 417 g/mol. The van der Waals surface area contributed by atoms with E-state index < -0.39 is 20.1 Å². The van der Waals surface area contributed by atoms with E-state index in [1.165, 1.54) is 0 Å². The summed E-state index contributed by atoms with van der Waals surface area (Å²) in [6, 6.07) is 5.67. The molecule has 2 aliphatic rings. The highest BCUT2D eigenvalue weighted by atomic mass is 79.9. The van der Waals surface area contributed by atoms with Gasteiger partial charge in [0.25, 0.3) is 5.91 Å². The molecule has 26 heavy (non-hydrogen) atoms. The molecule has 7 heteroatoms. The number of rotatable bonds is 5. The van der Waals surface area contributed by atoms with Crippen LogP contribution in [0.1, 0.15) is 18.9 Å². The van der Waals surface area contributed by atoms with Crippen LogP contribution < -0.4 is 4.90 Å². The number of aliphatic hydroxyl groups is 1. The Hall–Kier alpha value is -1.02. The molecule has 142 valence electrons. The van der Waals surface area contributed by atoms with Crippen molar-refractivity contribution in [2.24, 2.45) is 5.92 Å². The van der Waals surface area contributed by atoms with Gasteiger partial charge >= 0.3 is 0 Å². The molecule has 0 radical (unpaired) electrons. The lowest BCUT2D eigenvalue weighted by Gasteiger charge is -2.31. The van der Waals surface area contributed by atoms with Crippen molar-refractivity contribution in [3.63, 3.8) is 0 Å². The summed E-state index contributed by atoms with van der Waals surface area (Å²) in [5.41, 5.74) is -0.0149. The molecule has 1 amide bonds. The minimum absolute atomic E-state index is 0.0929. The maximum absolute atomic E-state index is 15.2. The molecule has 0 bridgehead atoms. The third-order valence-electron chi connectivity index (χ3n) is 5.65. The topological polar surface area (TPSA) is 49.8 Å². The van der Waals surface area contributed by atoms with Gasteiger partial charge in [-0.15, -0.1) is 6.58 Å². The van der Waals surface area contributed by atoms with Crippen LogP contribution in [0, 0.1) is 5.92 Å². The monoisotopic (exact) mass is 441 g/mol. The van der Waals surface area contributed by atoms with E-state index in [0.29, 0.717) is 13.0 Å². The highest BCUT2D eigenvalue weighted by Crippen LogP contribution is 2.60. The van der Waals surface area contributed by atoms with Crippen molar-refractivity contribution in [1.82, 2.24) is 0 Å². The van der Waals surface area contributed by atoms with Crippen LogP contribution in [-0.2, 0) is 15.1 Å². The second-order valence-corrected chi connectivity index (χ2v) is 12.4. The van der Waals surface area contributed by atoms with Gasteiger partial charge < -0.3 is 18.9 Å². The predicted molar refractivity (Wildman–Crippen MR) is 106 cm³/mol. The number of benzene rings is 1. The van der Waals surface area contributed by atoms with Crippen LogP contribution in [0.4, 0.5) is 9.80 Å². The molecule has 2 aliphatic heterocycles. The number of aliphatic hydroxyl groups excluding tert-OH is 1. The highest BCUT2D eigenvalue weighted by molar-refractivity contribution is 9.10. The van der Waals surface area contributed by atoms with E-state index in [-0.39, 0.29) is 24.0 Å². The Balaban J connectivity index is 2.18. The lowest BCUT2D eigenvalue weighted by molar-refractivity contribution is -0.146. The summed E-state index contributed by atoms with van der Waals surface area (Å²) in [7, 11) is -3.12. The third-order valence-corrected chi connectivity index (χ3v) is 8.60. The number of anilines is 1. The average molecular weight is 442 g/mol. The van der Waals surface area contributed by atoms with Gasteiger partial charge in [0.05, 0.1) is 11.8 Å². The van der Waals surface area contributed by atoms with Gasteiger partial charge in [0, 0.05) is 34.6 Å². The summed E-state index contributed by atoms with van der Waals surface area (Å²) in [6.45, 7) is 9.26. The van der Waals surface area contributed by atoms with Gasteiger partial charge in [-0.3, -0.25) is 4.79 Å². The molecule has 3 rings (SSSR count). The van der Waals surface area contributed by atoms with E-state index in [2.05, 4.69) is 22.5 Å². The number of fused-ring (bicyclic) bond motifs is 2. The van der Waals surface area contributed by atoms with Gasteiger partial charge in [-0.1, -0.05) is 28.9 Å². The van der Waals surface area contributed by atoms with Crippen molar-refractivity contribution < 1.29 is 18.7 Å². The predicted octanol–water partition coefficient (Wildman–Crippen LogP) is 4.14. The fourth-order valence-electron chi connectivity index (χ4n) is 4.73. The first-order valence-corrected chi connectivity index (χ1v) is 12.6. The number of nitrogens with zero attached hydrogens (tertiary/aromatic N) is 1. The molecular formula is C19H25BrFNO3Si. The van der Waals surface area contributed by atoms with Gasteiger partial charge in [-0.2, -0.15) is 0 Å². The van der Waals surface area contributed by atoms with E-state index in [4.69, 9.17) is 4.74 Å². The van der Waals surface area contributed by atoms with E-state index >= 15 is 4.11 Å². The summed E-state index contributed by atoms with van der Waals surface area (Å²) < 4.78 is 22.4. The van der Waals surface area contributed by atoms with Gasteiger partial charge in [0.15, 0.2) is 5.60 Å². The molecule has 0 unspecified atom stereocenters. The molecule has 4 nitrogen and oxygen atoms in total. The van der Waals surface area contributed by atoms with E-state index in [9.17, 15) is 9.90 Å². The summed E-state index contributed by atoms with van der Waals surface area (Å²) in [4.78, 5) is 15.2. The number of ether oxygens (including phenoxy) is 1. The average Bonchev–Trinajstić information content (AvgIpc) is 2.96. The number of halogens is 2. The summed E-state index contributed by atoms with van der Waals surface area (Å²) in [5.74, 6) is -0.484. The van der Waals surface area contributed by atoms with Crippen LogP contribution in [0.3, 0.4) is 0 Å². The molecule has 1 aromatic rings. The molecule has 1 spiro atoms. The fraction of sp³-hybridized carbons (Fsp3) is 0.526. The molecule has 1 saturated heterocycles. The molecule has 4 atom stereocenters. The first kappa shape index (κ1) is 19.7. The Morgan fingerprint density at radius 2 is 2.19 bits per heavy atom. The van der Waals surface area contributed by atoms with Crippen molar-refractivity contribution in [2.45, 2.75) is 43.7 Å². The third kappa shape index (κ3) is 2.80. The van der Waals surface area contributed by atoms with Crippen LogP contribution in [0.15, 0.2) is 35.3 Å². The molecule has 0 saturated carbocycles. The Bertz CT molecular complexity index is 738. The normalized spacial score (nSPS) is 30.9. The van der Waals surface area contributed by atoms with Crippen molar-refractivity contribution in [1.29, 1.82) is 0 Å². The number of hydrogen-bond donors (Lipinski definition) is 1. The maximum atomic E-state index is 15.2. The van der Waals surface area contributed by atoms with E-state index in [1.54, 1.807) is 24.1 Å². The van der Waals surface area contributed by atoms with E-state index in [0.717, 1.165) is 15.7 Å². The van der Waals surface area contributed by atoms with Crippen molar-refractivity contribution in [3.05, 3.63) is 40.9 Å². The minimum atomic E-state index is -3.12. The Morgan fingerprint density at radius 3 is 2.77 bits per heavy atom. The largest absolute Gasteiger partial charge is 0.396 e. The fourth-order valence-corrected chi connectivity index (χ4v) is 7.63. The van der Waals surface area contributed by atoms with Gasteiger partial charge in [0.1, 0.15) is 0 Å². The first-order chi connectivity index (χ1) is 12.2. The summed E-state index contributed by atoms with van der Waals surface area (Å²) in [5, 5.41) is 9.47. The Morgan fingerprint density at radius 1 is 1.50 bits per heavy atom. The van der Waals surface area contributed by atoms with Gasteiger partial charge in [-0.25, -0.2) is 0 Å². The van der Waals surface area contributed by atoms with Crippen LogP contribution in [0.25, 0.3) is 0 Å². The lowest BCUT2D eigenvalue weighted by atomic mass is 9.82. The second kappa shape index (κ2) is 6.85. The zero-order chi connectivity index (χ0) is 19.3. The molecule has 0 aliphatic carbocycles. The first-order valence-electron chi connectivity index (χ1n) is 8.89. The zero-order valence-electron chi connectivity index (χ0n) is 15.3. The van der Waals surface area contributed by atoms with Crippen molar-refractivity contribution in [2.75, 3.05) is 18.1 Å². The Labute approximate surface area is 163 Å². The van der Waals surface area contributed by atoms with Crippen molar-refractivity contribution in [3.8, 4) is 0 Å². The minimum Gasteiger partial charge on any atom is -0.396 e. The van der Waals surface area contributed by atoms with Gasteiger partial charge in [-0.05, 0) is 37.7 Å². The molecule has 2 heterocycles. The lowest BCUT2D eigenvalue weighted by Crippen LogP contribution is -2.45. The molecule has 1 fully saturated rings. The summed E-state index contributed by atoms with van der Waals surface area (Å²) in [6.07, 6.45) is 1.54. The number of carbonyl (C=O) groups is 1. The SMILES string of the molecule is C=CCN1C(=O)[C@@]2(O[C@@H](CCO)[C@H]([Si](C)(C)F)[C@H]2C)c2cc(Br)ccc21. The smallest absolute Gasteiger partial charge is 0.264 e. The van der Waals surface area contributed by atoms with Crippen LogP contribution in [0.5, 0.6) is 0 Å². The number of hydrogen-bond acceptors (Lipinski definition) is 3. The quantitative estimate of drug-likeness (QED) is 0.424. The van der Waals surface area contributed by atoms with Gasteiger partial charge in [0.2, 0.25) is 8.41 Å². The second-order valence-electron chi connectivity index (χ2n) is 7.65. The standard InChI is InChI=1S/C19H25BrFNO3Si/c1-5-9-22-15-7-6-13(20)11-14(15)19(18(22)24)12(2)17(26(3,4)21)16(25-19)8-10-23/h5-7,11-12,16-17,23H,1,8-10H2,2-4H3/t12-,16+,17-,19+/m1/s1. The van der Waals surface area contributed by atoms with Crippen LogP contribution in [0.2, 0.25) is 18.6 Å². The van der Waals surface area contributed by atoms with Crippen LogP contribution >= 0.6 is 15.9 Å². The van der Waals surface area contributed by atoms with Crippen LogP contribution in [-0.4, -0.2) is 38.7 Å². The highest BCUT2D eigenvalue weighted by Gasteiger charge is 2.66. The summed E-state index contributed by atoms with van der Waals surface area (Å²) >= 11 is 3.48. The maximum Gasteiger partial charge on any atom is 0.264 e. The molecule has 1 N–H and O–H groups in total. The zero-order valence-corrected chi connectivity index (χ0v) is 17.9. The van der Waals surface area contributed by atoms with E-state index in [1.807, 2.05) is 25.1 Å².